The number of hydrogen-bond donors (Lipinski definition) is 0. The average molecular weight is 246 g/mol. The fourth-order valence-corrected chi connectivity index (χ4v) is 2.81. The number of halogens is 3. The van der Waals surface area contributed by atoms with Crippen LogP contribution in [0.4, 0.5) is 13.2 Å². The molecule has 17 heavy (non-hydrogen) atoms. The lowest BCUT2D eigenvalue weighted by atomic mass is 9.80. The van der Waals surface area contributed by atoms with E-state index >= 15 is 0 Å². The zero-order chi connectivity index (χ0) is 12.6. The molecule has 0 aliphatic heterocycles. The molecule has 1 aliphatic carbocycles. The van der Waals surface area contributed by atoms with Gasteiger partial charge in [0, 0.05) is 6.20 Å². The van der Waals surface area contributed by atoms with Crippen molar-refractivity contribution in [2.24, 2.45) is 11.8 Å². The SMILES string of the molecule is CC1CC(C)CC(n2ccc(C(F)(F)F)n2)C1. The van der Waals surface area contributed by atoms with Crippen LogP contribution < -0.4 is 0 Å². The molecule has 1 saturated carbocycles. The standard InChI is InChI=1S/C12H17F3N2/c1-8-5-9(2)7-10(6-8)17-4-3-11(16-17)12(13,14)15/h3-4,8-10H,5-7H2,1-2H3. The van der Waals surface area contributed by atoms with E-state index in [9.17, 15) is 13.2 Å². The van der Waals surface area contributed by atoms with Crippen molar-refractivity contribution in [3.63, 3.8) is 0 Å². The largest absolute Gasteiger partial charge is 0.435 e. The second kappa shape index (κ2) is 4.35. The zero-order valence-electron chi connectivity index (χ0n) is 10.0. The molecule has 1 aliphatic rings. The summed E-state index contributed by atoms with van der Waals surface area (Å²) in [5.74, 6) is 1.12. The van der Waals surface area contributed by atoms with Gasteiger partial charge in [-0.3, -0.25) is 4.68 Å². The van der Waals surface area contributed by atoms with E-state index in [4.69, 9.17) is 0 Å². The maximum Gasteiger partial charge on any atom is 0.435 e. The quantitative estimate of drug-likeness (QED) is 0.734. The van der Waals surface area contributed by atoms with Crippen LogP contribution in [0.3, 0.4) is 0 Å². The molecule has 0 aromatic carbocycles. The molecular weight excluding hydrogens is 229 g/mol. The Balaban J connectivity index is 2.14. The topological polar surface area (TPSA) is 17.8 Å². The summed E-state index contributed by atoms with van der Waals surface area (Å²) in [6, 6.07) is 1.18. The molecule has 1 aromatic heterocycles. The third-order valence-electron chi connectivity index (χ3n) is 3.43. The number of hydrogen-bond acceptors (Lipinski definition) is 1. The smallest absolute Gasteiger partial charge is 0.269 e. The van der Waals surface area contributed by atoms with Crippen LogP contribution in [-0.4, -0.2) is 9.78 Å². The van der Waals surface area contributed by atoms with Gasteiger partial charge in [-0.05, 0) is 37.2 Å². The Labute approximate surface area is 98.8 Å². The van der Waals surface area contributed by atoms with Gasteiger partial charge in [0.2, 0.25) is 0 Å². The van der Waals surface area contributed by atoms with Crippen LogP contribution in [0.1, 0.15) is 44.8 Å². The van der Waals surface area contributed by atoms with Crippen LogP contribution in [-0.2, 0) is 6.18 Å². The number of rotatable bonds is 1. The average Bonchev–Trinajstić information content (AvgIpc) is 2.63. The molecule has 2 rings (SSSR count). The summed E-state index contributed by atoms with van der Waals surface area (Å²) >= 11 is 0. The van der Waals surface area contributed by atoms with Gasteiger partial charge in [0.05, 0.1) is 6.04 Å². The third-order valence-corrected chi connectivity index (χ3v) is 3.43. The molecule has 5 heteroatoms. The first kappa shape index (κ1) is 12.5. The highest BCUT2D eigenvalue weighted by molar-refractivity contribution is 5.04. The van der Waals surface area contributed by atoms with Crippen molar-refractivity contribution in [3.8, 4) is 0 Å². The van der Waals surface area contributed by atoms with Gasteiger partial charge in [-0.15, -0.1) is 0 Å². The first-order chi connectivity index (χ1) is 7.86. The molecule has 2 atom stereocenters. The first-order valence-corrected chi connectivity index (χ1v) is 5.98. The van der Waals surface area contributed by atoms with Gasteiger partial charge in [0.15, 0.2) is 5.69 Å². The van der Waals surface area contributed by atoms with Crippen LogP contribution in [0.15, 0.2) is 12.3 Å². The van der Waals surface area contributed by atoms with Gasteiger partial charge in [0.1, 0.15) is 0 Å². The van der Waals surface area contributed by atoms with Crippen LogP contribution in [0.5, 0.6) is 0 Å². The second-order valence-corrected chi connectivity index (χ2v) is 5.25. The minimum Gasteiger partial charge on any atom is -0.269 e. The summed E-state index contributed by atoms with van der Waals surface area (Å²) in [4.78, 5) is 0. The Bertz CT molecular complexity index is 373. The molecule has 0 amide bonds. The number of alkyl halides is 3. The van der Waals surface area contributed by atoms with Crippen LogP contribution in [0.25, 0.3) is 0 Å². The van der Waals surface area contributed by atoms with Crippen molar-refractivity contribution in [1.29, 1.82) is 0 Å². The van der Waals surface area contributed by atoms with Gasteiger partial charge >= 0.3 is 6.18 Å². The molecule has 0 bridgehead atoms. The van der Waals surface area contributed by atoms with Crippen molar-refractivity contribution in [2.75, 3.05) is 0 Å². The Kier molecular flexibility index (Phi) is 3.19. The van der Waals surface area contributed by atoms with Crippen molar-refractivity contribution in [1.82, 2.24) is 9.78 Å². The molecule has 1 heterocycles. The lowest BCUT2D eigenvalue weighted by Crippen LogP contribution is -2.23. The van der Waals surface area contributed by atoms with Crippen LogP contribution in [0, 0.1) is 11.8 Å². The van der Waals surface area contributed by atoms with Gasteiger partial charge in [-0.2, -0.15) is 18.3 Å². The van der Waals surface area contributed by atoms with Crippen LogP contribution in [0.2, 0.25) is 0 Å². The number of nitrogens with zero attached hydrogens (tertiary/aromatic N) is 2. The van der Waals surface area contributed by atoms with Crippen molar-refractivity contribution < 1.29 is 13.2 Å². The molecule has 1 aromatic rings. The molecule has 96 valence electrons. The minimum absolute atomic E-state index is 0.116. The van der Waals surface area contributed by atoms with E-state index in [1.54, 1.807) is 0 Å². The monoisotopic (exact) mass is 246 g/mol. The van der Waals surface area contributed by atoms with Crippen molar-refractivity contribution in [2.45, 2.75) is 45.3 Å². The van der Waals surface area contributed by atoms with Gasteiger partial charge in [-0.1, -0.05) is 13.8 Å². The summed E-state index contributed by atoms with van der Waals surface area (Å²) in [5.41, 5.74) is -0.789. The van der Waals surface area contributed by atoms with Crippen molar-refractivity contribution in [3.05, 3.63) is 18.0 Å². The fourth-order valence-electron chi connectivity index (χ4n) is 2.81. The Morgan fingerprint density at radius 3 is 2.24 bits per heavy atom. The predicted octanol–water partition coefficient (Wildman–Crippen LogP) is 3.90. The highest BCUT2D eigenvalue weighted by atomic mass is 19.4. The highest BCUT2D eigenvalue weighted by Gasteiger charge is 2.34. The maximum atomic E-state index is 12.4. The zero-order valence-corrected chi connectivity index (χ0v) is 10.0. The predicted molar refractivity (Wildman–Crippen MR) is 58.4 cm³/mol. The molecule has 0 radical (unpaired) electrons. The molecule has 0 spiro atoms. The van der Waals surface area contributed by atoms with E-state index in [1.807, 2.05) is 0 Å². The third kappa shape index (κ3) is 2.82. The highest BCUT2D eigenvalue weighted by Crippen LogP contribution is 2.36. The molecule has 0 N–H and O–H groups in total. The Hall–Kier alpha value is -1.00. The summed E-state index contributed by atoms with van der Waals surface area (Å²) in [6.07, 6.45) is 0.117. The molecular formula is C12H17F3N2. The lowest BCUT2D eigenvalue weighted by molar-refractivity contribution is -0.141. The van der Waals surface area contributed by atoms with E-state index in [0.29, 0.717) is 11.8 Å². The van der Waals surface area contributed by atoms with Gasteiger partial charge in [-0.25, -0.2) is 0 Å². The molecule has 1 fully saturated rings. The molecule has 2 nitrogen and oxygen atoms in total. The molecule has 0 saturated heterocycles. The van der Waals surface area contributed by atoms with Crippen LogP contribution >= 0.6 is 0 Å². The van der Waals surface area contributed by atoms with E-state index in [-0.39, 0.29) is 6.04 Å². The molecule has 2 unspecified atom stereocenters. The summed E-state index contributed by atoms with van der Waals surface area (Å²) in [6.45, 7) is 4.30. The number of aromatic nitrogens is 2. The fraction of sp³-hybridized carbons (Fsp3) is 0.750. The summed E-state index contributed by atoms with van der Waals surface area (Å²) in [7, 11) is 0. The van der Waals surface area contributed by atoms with Gasteiger partial charge < -0.3 is 0 Å². The summed E-state index contributed by atoms with van der Waals surface area (Å²) in [5, 5.41) is 3.67. The Morgan fingerprint density at radius 2 is 1.76 bits per heavy atom. The normalized spacial score (nSPS) is 30.5. The Morgan fingerprint density at radius 1 is 1.18 bits per heavy atom. The van der Waals surface area contributed by atoms with E-state index in [1.165, 1.54) is 10.9 Å². The maximum absolute atomic E-state index is 12.4. The van der Waals surface area contributed by atoms with E-state index < -0.39 is 11.9 Å². The van der Waals surface area contributed by atoms with E-state index in [2.05, 4.69) is 18.9 Å². The first-order valence-electron chi connectivity index (χ1n) is 5.98. The summed E-state index contributed by atoms with van der Waals surface area (Å²) < 4.78 is 38.8. The van der Waals surface area contributed by atoms with E-state index in [0.717, 1.165) is 25.3 Å². The lowest BCUT2D eigenvalue weighted by Gasteiger charge is -2.31. The minimum atomic E-state index is -4.34. The second-order valence-electron chi connectivity index (χ2n) is 5.25. The van der Waals surface area contributed by atoms with Crippen molar-refractivity contribution >= 4 is 0 Å². The van der Waals surface area contributed by atoms with Gasteiger partial charge in [0.25, 0.3) is 0 Å².